The third kappa shape index (κ3) is 9.87. The number of rotatable bonds is 15. The molecule has 6 rings (SSSR count). The first-order chi connectivity index (χ1) is 26.9. The molecule has 2 aliphatic carbocycles. The van der Waals surface area contributed by atoms with Crippen LogP contribution in [0.4, 0.5) is 4.79 Å². The van der Waals surface area contributed by atoms with Crippen LogP contribution < -0.4 is 20.1 Å². The predicted octanol–water partition coefficient (Wildman–Crippen LogP) is 4.58. The Labute approximate surface area is 335 Å². The fourth-order valence-electron chi connectivity index (χ4n) is 6.78. The van der Waals surface area contributed by atoms with Crippen LogP contribution in [0.2, 0.25) is 0 Å². The molecular weight excluding hydrogens is 773 g/mol. The highest BCUT2D eigenvalue weighted by Gasteiger charge is 2.62. The SMILES string of the molecule is C=CC1C[C@]1(NC(=O)[C@@H]1C[C@@H](Oc2nc3ccccc3nc2-c2cccs2)CN1C(=O)[C@H](CCC(=O)C=C(C)C)NC(=O)OC(C)(C)C)C(=O)NS(=O)(=O)C1CC1. The van der Waals surface area contributed by atoms with Crippen LogP contribution in [0.3, 0.4) is 0 Å². The molecule has 304 valence electrons. The second kappa shape index (κ2) is 16.4. The quantitative estimate of drug-likeness (QED) is 0.143. The van der Waals surface area contributed by atoms with Crippen LogP contribution in [0.25, 0.3) is 21.6 Å². The van der Waals surface area contributed by atoms with E-state index in [9.17, 15) is 32.4 Å². The first-order valence-electron chi connectivity index (χ1n) is 18.8. The van der Waals surface area contributed by atoms with Crippen LogP contribution in [0.5, 0.6) is 5.88 Å². The molecule has 3 N–H and O–H groups in total. The van der Waals surface area contributed by atoms with E-state index in [4.69, 9.17) is 19.4 Å². The van der Waals surface area contributed by atoms with E-state index >= 15 is 0 Å². The summed E-state index contributed by atoms with van der Waals surface area (Å²) in [5.74, 6) is -2.96. The van der Waals surface area contributed by atoms with Crippen molar-refractivity contribution >= 4 is 62.0 Å². The number of likely N-dealkylation sites (tertiary alicyclic amines) is 1. The summed E-state index contributed by atoms with van der Waals surface area (Å²) in [6.45, 7) is 12.2. The number of allylic oxidation sites excluding steroid dienone is 2. The number of thiophene rings is 1. The second-order valence-corrected chi connectivity index (χ2v) is 18.8. The van der Waals surface area contributed by atoms with E-state index in [-0.39, 0.29) is 43.9 Å². The van der Waals surface area contributed by atoms with Crippen molar-refractivity contribution in [3.63, 3.8) is 0 Å². The summed E-state index contributed by atoms with van der Waals surface area (Å²) in [4.78, 5) is 80.1. The largest absolute Gasteiger partial charge is 0.471 e. The summed E-state index contributed by atoms with van der Waals surface area (Å²) < 4.78 is 39.6. The Balaban J connectivity index is 1.32. The van der Waals surface area contributed by atoms with Crippen LogP contribution in [0.1, 0.15) is 73.1 Å². The number of aromatic nitrogens is 2. The van der Waals surface area contributed by atoms with Crippen LogP contribution in [0.15, 0.2) is 66.1 Å². The lowest BCUT2D eigenvalue weighted by Crippen LogP contribution is -2.58. The smallest absolute Gasteiger partial charge is 0.408 e. The second-order valence-electron chi connectivity index (χ2n) is 15.9. The Morgan fingerprint density at radius 3 is 2.37 bits per heavy atom. The summed E-state index contributed by atoms with van der Waals surface area (Å²) in [6.07, 6.45) is 1.88. The molecule has 3 fully saturated rings. The maximum absolute atomic E-state index is 14.6. The van der Waals surface area contributed by atoms with Crippen molar-refractivity contribution in [2.75, 3.05) is 6.54 Å². The number of fused-ring (bicyclic) bond motifs is 1. The molecule has 0 spiro atoms. The zero-order valence-electron chi connectivity index (χ0n) is 32.6. The van der Waals surface area contributed by atoms with Gasteiger partial charge in [-0.1, -0.05) is 29.8 Å². The van der Waals surface area contributed by atoms with E-state index in [2.05, 4.69) is 21.9 Å². The zero-order valence-corrected chi connectivity index (χ0v) is 34.2. The Kier molecular flexibility index (Phi) is 11.9. The molecule has 1 unspecified atom stereocenters. The van der Waals surface area contributed by atoms with Crippen LogP contribution in [0, 0.1) is 5.92 Å². The molecule has 17 heteroatoms. The number of ketones is 1. The zero-order chi connectivity index (χ0) is 41.3. The van der Waals surface area contributed by atoms with E-state index in [1.807, 2.05) is 35.7 Å². The number of hydrogen-bond donors (Lipinski definition) is 3. The Hall–Kier alpha value is -5.16. The molecule has 2 aromatic heterocycles. The van der Waals surface area contributed by atoms with E-state index in [1.54, 1.807) is 40.7 Å². The number of hydrogen-bond acceptors (Lipinski definition) is 12. The number of carbonyl (C=O) groups excluding carboxylic acids is 5. The van der Waals surface area contributed by atoms with Gasteiger partial charge in [-0.2, -0.15) is 0 Å². The first kappa shape index (κ1) is 41.5. The summed E-state index contributed by atoms with van der Waals surface area (Å²) in [5, 5.41) is 6.59. The van der Waals surface area contributed by atoms with Gasteiger partial charge in [0.15, 0.2) is 5.78 Å². The molecule has 1 saturated heterocycles. The molecule has 3 heterocycles. The van der Waals surface area contributed by atoms with Crippen molar-refractivity contribution in [3.8, 4) is 16.5 Å². The van der Waals surface area contributed by atoms with E-state index < -0.39 is 74.3 Å². The number of nitrogens with zero attached hydrogens (tertiary/aromatic N) is 3. The highest BCUT2D eigenvalue weighted by molar-refractivity contribution is 7.91. The number of ether oxygens (including phenoxy) is 2. The monoisotopic (exact) mass is 820 g/mol. The minimum Gasteiger partial charge on any atom is -0.471 e. The molecule has 0 radical (unpaired) electrons. The third-order valence-electron chi connectivity index (χ3n) is 9.79. The first-order valence-corrected chi connectivity index (χ1v) is 21.3. The Bertz CT molecular complexity index is 2210. The molecule has 3 aliphatic rings. The number of nitrogens with one attached hydrogen (secondary N) is 3. The van der Waals surface area contributed by atoms with Gasteiger partial charge >= 0.3 is 6.09 Å². The summed E-state index contributed by atoms with van der Waals surface area (Å²) in [6, 6.07) is 8.47. The van der Waals surface area contributed by atoms with Crippen molar-refractivity contribution in [2.24, 2.45) is 5.92 Å². The molecule has 5 atom stereocenters. The molecule has 15 nitrogen and oxygen atoms in total. The normalized spacial score (nSPS) is 22.2. The van der Waals surface area contributed by atoms with Gasteiger partial charge in [0.2, 0.25) is 27.7 Å². The minimum absolute atomic E-state index is 0.0668. The molecule has 4 amide bonds. The molecule has 1 aromatic carbocycles. The van der Waals surface area contributed by atoms with Crippen LogP contribution >= 0.6 is 11.3 Å². The summed E-state index contributed by atoms with van der Waals surface area (Å²) in [5.41, 5.74) is -0.0838. The van der Waals surface area contributed by atoms with Crippen LogP contribution in [-0.4, -0.2) is 94.0 Å². The van der Waals surface area contributed by atoms with Crippen molar-refractivity contribution in [1.29, 1.82) is 0 Å². The van der Waals surface area contributed by atoms with Gasteiger partial charge in [0, 0.05) is 18.8 Å². The molecule has 2 saturated carbocycles. The fraction of sp³-hybridized carbons (Fsp3) is 0.475. The van der Waals surface area contributed by atoms with Gasteiger partial charge in [-0.05, 0) is 90.0 Å². The number of amides is 4. The lowest BCUT2D eigenvalue weighted by Gasteiger charge is -2.30. The number of para-hydroxylation sites is 2. The summed E-state index contributed by atoms with van der Waals surface area (Å²) in [7, 11) is -3.94. The topological polar surface area (TPSA) is 203 Å². The van der Waals surface area contributed by atoms with Crippen molar-refractivity contribution < 1.29 is 41.9 Å². The molecule has 3 aromatic rings. The van der Waals surface area contributed by atoms with Crippen molar-refractivity contribution in [2.45, 2.75) is 108 Å². The van der Waals surface area contributed by atoms with Gasteiger partial charge in [0.25, 0.3) is 5.91 Å². The molecule has 57 heavy (non-hydrogen) atoms. The van der Waals surface area contributed by atoms with Gasteiger partial charge in [-0.25, -0.2) is 23.2 Å². The number of alkyl carbamates (subject to hydrolysis) is 1. The molecule has 0 bridgehead atoms. The maximum Gasteiger partial charge on any atom is 0.408 e. The van der Waals surface area contributed by atoms with Crippen LogP contribution in [-0.2, 0) is 33.9 Å². The van der Waals surface area contributed by atoms with Gasteiger partial charge in [-0.15, -0.1) is 17.9 Å². The number of sulfonamides is 1. The maximum atomic E-state index is 14.6. The minimum atomic E-state index is -3.94. The Morgan fingerprint density at radius 2 is 1.77 bits per heavy atom. The fourth-order valence-corrected chi connectivity index (χ4v) is 8.85. The third-order valence-corrected chi connectivity index (χ3v) is 12.5. The van der Waals surface area contributed by atoms with E-state index in [0.29, 0.717) is 29.6 Å². The molecular formula is C40H48N6O9S2. The van der Waals surface area contributed by atoms with Gasteiger partial charge < -0.3 is 25.0 Å². The number of carbonyl (C=O) groups is 5. The average molecular weight is 821 g/mol. The van der Waals surface area contributed by atoms with Gasteiger partial charge in [0.1, 0.15) is 35.0 Å². The predicted molar refractivity (Wildman–Crippen MR) is 213 cm³/mol. The summed E-state index contributed by atoms with van der Waals surface area (Å²) >= 11 is 1.44. The highest BCUT2D eigenvalue weighted by atomic mass is 32.2. The lowest BCUT2D eigenvalue weighted by atomic mass is 10.1. The lowest BCUT2D eigenvalue weighted by molar-refractivity contribution is -0.141. The highest BCUT2D eigenvalue weighted by Crippen LogP contribution is 2.45. The number of benzene rings is 1. The van der Waals surface area contributed by atoms with Gasteiger partial charge in [-0.3, -0.25) is 23.9 Å². The van der Waals surface area contributed by atoms with Crippen molar-refractivity contribution in [3.05, 3.63) is 66.1 Å². The molecule has 1 aliphatic heterocycles. The van der Waals surface area contributed by atoms with Gasteiger partial charge in [0.05, 0.1) is 27.7 Å². The standard InChI is InChI=1S/C40H48N6O9S2/c1-7-24-21-40(24,37(50)45-57(52,53)27-15-16-27)44-34(48)31-20-26(54-35-33(32-13-10-18-56-32)41-28-11-8-9-12-29(28)42-35)22-46(31)36(49)30(17-14-25(47)19-23(2)3)43-38(51)55-39(4,5)6/h7-13,18-19,24,26-27,30-31H,1,14-17,20-22H2,2-6H3,(H,43,51)(H,44,48)(H,45,50)/t24?,26-,30+,31+,40-/m1/s1. The van der Waals surface area contributed by atoms with Crippen molar-refractivity contribution in [1.82, 2.24) is 30.2 Å². The van der Waals surface area contributed by atoms with E-state index in [1.165, 1.54) is 28.4 Å². The average Bonchev–Trinajstić information content (AvgIpc) is 4.00. The Morgan fingerprint density at radius 1 is 1.07 bits per heavy atom. The van der Waals surface area contributed by atoms with E-state index in [0.717, 1.165) is 10.5 Å².